The van der Waals surface area contributed by atoms with Crippen molar-refractivity contribution < 1.29 is 0 Å². The van der Waals surface area contributed by atoms with E-state index in [4.69, 9.17) is 23.2 Å². The molecule has 1 atom stereocenters. The lowest BCUT2D eigenvalue weighted by Crippen LogP contribution is -2.26. The number of nitrogens with one attached hydrogen (secondary N) is 1. The standard InChI is InChI=1S/C10H10Cl2N2/c1-5-3-7(11)14-9-6(2)4-13-10(9)8(5)12/h3-5,13H,1-2H3. The quantitative estimate of drug-likeness (QED) is 0.659. The number of hydrogen-bond donors (Lipinski definition) is 1. The smallest absolute Gasteiger partial charge is 0.126 e. The number of aromatic amines is 1. The molecule has 0 aromatic carbocycles. The molecule has 14 heavy (non-hydrogen) atoms. The van der Waals surface area contributed by atoms with Crippen LogP contribution in [0.1, 0.15) is 12.5 Å². The molecule has 1 aromatic rings. The Labute approximate surface area is 91.9 Å². The van der Waals surface area contributed by atoms with Gasteiger partial charge in [0.15, 0.2) is 0 Å². The van der Waals surface area contributed by atoms with E-state index in [-0.39, 0.29) is 5.92 Å². The molecule has 0 saturated carbocycles. The van der Waals surface area contributed by atoms with E-state index in [1.165, 1.54) is 0 Å². The molecule has 2 heterocycles. The van der Waals surface area contributed by atoms with Crippen LogP contribution in [0.4, 0.5) is 0 Å². The molecule has 1 aliphatic heterocycles. The van der Waals surface area contributed by atoms with Crippen molar-refractivity contribution in [2.75, 3.05) is 0 Å². The van der Waals surface area contributed by atoms with Gasteiger partial charge in [0.1, 0.15) is 5.16 Å². The molecule has 0 bridgehead atoms. The van der Waals surface area contributed by atoms with Crippen molar-refractivity contribution >= 4 is 28.2 Å². The van der Waals surface area contributed by atoms with Crippen LogP contribution in [0, 0.1) is 12.8 Å². The van der Waals surface area contributed by atoms with Crippen LogP contribution in [0.5, 0.6) is 0 Å². The molecule has 0 fully saturated rings. The lowest BCUT2D eigenvalue weighted by molar-refractivity contribution is 0.973. The van der Waals surface area contributed by atoms with E-state index in [2.05, 4.69) is 9.98 Å². The van der Waals surface area contributed by atoms with Gasteiger partial charge < -0.3 is 4.98 Å². The molecule has 0 aliphatic carbocycles. The third-order valence-electron chi connectivity index (χ3n) is 2.29. The number of aryl methyl sites for hydroxylation is 1. The lowest BCUT2D eigenvalue weighted by atomic mass is 10.1. The first kappa shape index (κ1) is 9.81. The number of rotatable bonds is 0. The fourth-order valence-electron chi connectivity index (χ4n) is 1.49. The summed E-state index contributed by atoms with van der Waals surface area (Å²) in [7, 11) is 0. The molecule has 4 heteroatoms. The Bertz CT molecular complexity index is 511. The third-order valence-corrected chi connectivity index (χ3v) is 3.03. The predicted molar refractivity (Wildman–Crippen MR) is 58.7 cm³/mol. The van der Waals surface area contributed by atoms with Crippen molar-refractivity contribution in [3.8, 4) is 0 Å². The van der Waals surface area contributed by atoms with Crippen LogP contribution in [0.2, 0.25) is 0 Å². The summed E-state index contributed by atoms with van der Waals surface area (Å²) in [5, 5.41) is 2.98. The van der Waals surface area contributed by atoms with E-state index < -0.39 is 0 Å². The van der Waals surface area contributed by atoms with Crippen LogP contribution in [0.15, 0.2) is 22.4 Å². The Morgan fingerprint density at radius 3 is 2.86 bits per heavy atom. The SMILES string of the molecule is Cc1c[nH]c2c1=NC(Cl)=CC(C)C=2Cl. The second kappa shape index (κ2) is 3.44. The first-order chi connectivity index (χ1) is 6.59. The largest absolute Gasteiger partial charge is 0.359 e. The van der Waals surface area contributed by atoms with Crippen LogP contribution in [-0.4, -0.2) is 4.98 Å². The molecule has 2 nitrogen and oxygen atoms in total. The number of aromatic nitrogens is 1. The molecule has 0 saturated heterocycles. The molecule has 1 aromatic heterocycles. The Morgan fingerprint density at radius 2 is 2.14 bits per heavy atom. The Morgan fingerprint density at radius 1 is 1.43 bits per heavy atom. The summed E-state index contributed by atoms with van der Waals surface area (Å²) in [6.07, 6.45) is 3.73. The van der Waals surface area contributed by atoms with Crippen molar-refractivity contribution in [3.63, 3.8) is 0 Å². The molecular weight excluding hydrogens is 219 g/mol. The maximum Gasteiger partial charge on any atom is 0.126 e. The van der Waals surface area contributed by atoms with Gasteiger partial charge in [0, 0.05) is 12.1 Å². The minimum atomic E-state index is 0.104. The molecule has 74 valence electrons. The summed E-state index contributed by atoms with van der Waals surface area (Å²) in [6, 6.07) is 0. The zero-order chi connectivity index (χ0) is 10.3. The van der Waals surface area contributed by atoms with E-state index in [1.807, 2.05) is 26.1 Å². The minimum absolute atomic E-state index is 0.104. The molecule has 2 rings (SSSR count). The van der Waals surface area contributed by atoms with Crippen molar-refractivity contribution in [3.05, 3.63) is 33.7 Å². The molecule has 0 spiro atoms. The molecule has 1 unspecified atom stereocenters. The second-order valence-electron chi connectivity index (χ2n) is 3.43. The monoisotopic (exact) mass is 228 g/mol. The van der Waals surface area contributed by atoms with Gasteiger partial charge in [0.05, 0.1) is 15.7 Å². The zero-order valence-corrected chi connectivity index (χ0v) is 9.45. The lowest BCUT2D eigenvalue weighted by Gasteiger charge is -2.00. The average Bonchev–Trinajstić information content (AvgIpc) is 2.42. The van der Waals surface area contributed by atoms with Gasteiger partial charge >= 0.3 is 0 Å². The average molecular weight is 229 g/mol. The highest BCUT2D eigenvalue weighted by atomic mass is 35.5. The Hall–Kier alpha value is -0.730. The molecule has 0 amide bonds. The number of halogens is 2. The maximum absolute atomic E-state index is 6.20. The zero-order valence-electron chi connectivity index (χ0n) is 7.94. The predicted octanol–water partition coefficient (Wildman–Crippen LogP) is 2.02. The number of H-pyrrole nitrogens is 1. The maximum atomic E-state index is 6.20. The van der Waals surface area contributed by atoms with Gasteiger partial charge in [0.25, 0.3) is 0 Å². The molecule has 0 radical (unpaired) electrons. The Kier molecular flexibility index (Phi) is 2.41. The number of nitrogens with zero attached hydrogens (tertiary/aromatic N) is 1. The highest BCUT2D eigenvalue weighted by molar-refractivity contribution is 6.45. The number of allylic oxidation sites excluding steroid dienone is 1. The first-order valence-electron chi connectivity index (χ1n) is 4.39. The summed E-state index contributed by atoms with van der Waals surface area (Å²) in [6.45, 7) is 3.97. The number of hydrogen-bond acceptors (Lipinski definition) is 1. The summed E-state index contributed by atoms with van der Waals surface area (Å²) in [5.74, 6) is 0.104. The third kappa shape index (κ3) is 1.49. The van der Waals surface area contributed by atoms with Crippen molar-refractivity contribution in [1.29, 1.82) is 0 Å². The first-order valence-corrected chi connectivity index (χ1v) is 5.15. The van der Waals surface area contributed by atoms with Gasteiger partial charge in [-0.1, -0.05) is 30.1 Å². The highest BCUT2D eigenvalue weighted by Gasteiger charge is 2.11. The number of fused-ring (bicyclic) bond motifs is 1. The normalized spacial score (nSPS) is 21.0. The van der Waals surface area contributed by atoms with Crippen LogP contribution in [0.25, 0.3) is 5.03 Å². The minimum Gasteiger partial charge on any atom is -0.359 e. The van der Waals surface area contributed by atoms with Crippen LogP contribution >= 0.6 is 23.2 Å². The molecule has 1 N–H and O–H groups in total. The second-order valence-corrected chi connectivity index (χ2v) is 4.23. The van der Waals surface area contributed by atoms with E-state index >= 15 is 0 Å². The summed E-state index contributed by atoms with van der Waals surface area (Å²) in [4.78, 5) is 7.40. The highest BCUT2D eigenvalue weighted by Crippen LogP contribution is 2.20. The van der Waals surface area contributed by atoms with Crippen molar-refractivity contribution in [1.82, 2.24) is 4.98 Å². The molecule has 1 aliphatic rings. The molecular formula is C10H10Cl2N2. The van der Waals surface area contributed by atoms with E-state index in [0.29, 0.717) is 5.16 Å². The van der Waals surface area contributed by atoms with E-state index in [9.17, 15) is 0 Å². The summed E-state index contributed by atoms with van der Waals surface area (Å²) >= 11 is 12.1. The fraction of sp³-hybridized carbons (Fsp3) is 0.300. The van der Waals surface area contributed by atoms with Gasteiger partial charge in [-0.05, 0) is 18.6 Å². The van der Waals surface area contributed by atoms with Crippen LogP contribution in [-0.2, 0) is 0 Å². The van der Waals surface area contributed by atoms with Crippen LogP contribution < -0.4 is 10.7 Å². The summed E-state index contributed by atoms with van der Waals surface area (Å²) < 4.78 is 0. The van der Waals surface area contributed by atoms with Gasteiger partial charge in [0.2, 0.25) is 0 Å². The van der Waals surface area contributed by atoms with E-state index in [1.54, 1.807) is 0 Å². The topological polar surface area (TPSA) is 28.1 Å². The van der Waals surface area contributed by atoms with Gasteiger partial charge in [-0.3, -0.25) is 0 Å². The van der Waals surface area contributed by atoms with E-state index in [0.717, 1.165) is 21.3 Å². The van der Waals surface area contributed by atoms with Gasteiger partial charge in [-0.2, -0.15) is 0 Å². The van der Waals surface area contributed by atoms with Crippen LogP contribution in [0.3, 0.4) is 0 Å². The Balaban J connectivity index is 2.88. The fourth-order valence-corrected chi connectivity index (χ4v) is 1.97. The van der Waals surface area contributed by atoms with Crippen molar-refractivity contribution in [2.24, 2.45) is 10.9 Å². The summed E-state index contributed by atoms with van der Waals surface area (Å²) in [5.41, 5.74) is 1.05. The van der Waals surface area contributed by atoms with Gasteiger partial charge in [-0.15, -0.1) is 0 Å². The van der Waals surface area contributed by atoms with Crippen molar-refractivity contribution in [2.45, 2.75) is 13.8 Å². The van der Waals surface area contributed by atoms with Gasteiger partial charge in [-0.25, -0.2) is 4.99 Å².